The highest BCUT2D eigenvalue weighted by atomic mass is 32.2. The molecule has 72 heavy (non-hydrogen) atoms. The van der Waals surface area contributed by atoms with Crippen molar-refractivity contribution in [2.75, 3.05) is 13.2 Å². The Balaban J connectivity index is 1.57. The Bertz CT molecular complexity index is 2720. The molecule has 2 aliphatic rings. The predicted octanol–water partition coefficient (Wildman–Crippen LogP) is 4.29. The third-order valence-electron chi connectivity index (χ3n) is 10.4. The molecule has 1 aromatic heterocycles. The van der Waals surface area contributed by atoms with Crippen LogP contribution in [-0.4, -0.2) is 126 Å². The van der Waals surface area contributed by atoms with Crippen LogP contribution in [0, 0.1) is 6.92 Å². The molecule has 3 aromatic carbocycles. The Morgan fingerprint density at radius 2 is 1.10 bits per heavy atom. The van der Waals surface area contributed by atoms with Gasteiger partial charge in [-0.2, -0.15) is 4.98 Å². The maximum Gasteiger partial charge on any atom is 0.303 e. The van der Waals surface area contributed by atoms with Crippen LogP contribution in [0.25, 0.3) is 5.69 Å². The highest BCUT2D eigenvalue weighted by Crippen LogP contribution is 2.36. The van der Waals surface area contributed by atoms with Gasteiger partial charge < -0.3 is 47.4 Å². The fraction of sp³-hybridized carbons (Fsp3) is 0.429. The molecule has 0 bridgehead atoms. The minimum atomic E-state index is -1.86. The van der Waals surface area contributed by atoms with Crippen molar-refractivity contribution in [1.29, 1.82) is 0 Å². The maximum absolute atomic E-state index is 13.2. The second-order valence-electron chi connectivity index (χ2n) is 16.3. The first-order chi connectivity index (χ1) is 34.3. The van der Waals surface area contributed by atoms with Gasteiger partial charge in [0.05, 0.1) is 11.4 Å². The third kappa shape index (κ3) is 15.4. The first-order valence-electron chi connectivity index (χ1n) is 22.5. The number of rotatable bonds is 17. The summed E-state index contributed by atoms with van der Waals surface area (Å²) in [5.41, 5.74) is 3.18. The number of carbonyl (C=O) groups excluding carboxylic acids is 7. The SMILES string of the molecule is CC(=O)OC[C@H]1O[C@@H](O[C@H]2[C@H](OC(C)=O)[C@@H](OC(C)=O)[C@H](/N=c3\sc(=Nc4ccccc4)nc(SCc4ccccc4)n3-c3ccc(C)cc3)O[C@@H]2COC(C)=O)[C@H](OC(C)=O)[C@@H](OC(C)=O)[C@H]1OC(C)=O. The van der Waals surface area contributed by atoms with Gasteiger partial charge >= 0.3 is 41.8 Å². The molecule has 0 saturated carbocycles. The fourth-order valence-corrected chi connectivity index (χ4v) is 9.51. The van der Waals surface area contributed by atoms with E-state index < -0.39 is 116 Å². The summed E-state index contributed by atoms with van der Waals surface area (Å²) in [6.45, 7) is 8.33. The number of aryl methyl sites for hydroxylation is 1. The zero-order valence-corrected chi connectivity index (χ0v) is 42.2. The molecule has 0 spiro atoms. The Hall–Kier alpha value is -6.79. The molecule has 6 rings (SSSR count). The highest BCUT2D eigenvalue weighted by molar-refractivity contribution is 7.98. The molecule has 384 valence electrons. The average molecular weight is 1040 g/mol. The molecule has 0 aliphatic carbocycles. The van der Waals surface area contributed by atoms with Gasteiger partial charge in [0, 0.05) is 54.2 Å². The smallest absolute Gasteiger partial charge is 0.303 e. The Morgan fingerprint density at radius 3 is 1.65 bits per heavy atom. The van der Waals surface area contributed by atoms with Crippen molar-refractivity contribution in [2.45, 2.75) is 128 Å². The van der Waals surface area contributed by atoms with Crippen molar-refractivity contribution in [1.82, 2.24) is 9.55 Å². The van der Waals surface area contributed by atoms with Gasteiger partial charge in [-0.05, 0) is 36.8 Å². The van der Waals surface area contributed by atoms with Gasteiger partial charge in [0.1, 0.15) is 31.5 Å². The Kier molecular flexibility index (Phi) is 19.4. The molecule has 10 atom stereocenters. The van der Waals surface area contributed by atoms with Gasteiger partial charge in [-0.25, -0.2) is 9.98 Å². The summed E-state index contributed by atoms with van der Waals surface area (Å²) >= 11 is 2.46. The molecule has 0 radical (unpaired) electrons. The normalized spacial score (nSPS) is 24.3. The van der Waals surface area contributed by atoms with Crippen molar-refractivity contribution >= 4 is 70.6 Å². The van der Waals surface area contributed by atoms with Gasteiger partial charge in [0.2, 0.25) is 4.80 Å². The van der Waals surface area contributed by atoms with Gasteiger partial charge in [0.15, 0.2) is 53.0 Å². The predicted molar refractivity (Wildman–Crippen MR) is 253 cm³/mol. The molecule has 0 N–H and O–H groups in total. The van der Waals surface area contributed by atoms with E-state index in [1.54, 1.807) is 16.7 Å². The van der Waals surface area contributed by atoms with Crippen molar-refractivity contribution in [3.05, 3.63) is 106 Å². The van der Waals surface area contributed by atoms with Crippen LogP contribution in [0.5, 0.6) is 0 Å². The van der Waals surface area contributed by atoms with E-state index in [1.807, 2.05) is 79.7 Å². The van der Waals surface area contributed by atoms with E-state index in [0.29, 0.717) is 22.3 Å². The molecule has 0 amide bonds. The van der Waals surface area contributed by atoms with E-state index in [0.717, 1.165) is 70.9 Å². The topological polar surface area (TPSA) is 254 Å². The molecule has 4 aromatic rings. The number of nitrogens with zero attached hydrogens (tertiary/aromatic N) is 4. The minimum absolute atomic E-state index is 0.216. The number of thioether (sulfide) groups is 1. The summed E-state index contributed by atoms with van der Waals surface area (Å²) in [4.78, 5) is 104. The summed E-state index contributed by atoms with van der Waals surface area (Å²) in [7, 11) is 0. The largest absolute Gasteiger partial charge is 0.463 e. The number of ether oxygens (including phenoxy) is 10. The number of hydrogen-bond acceptors (Lipinski definition) is 22. The van der Waals surface area contributed by atoms with Gasteiger partial charge in [-0.3, -0.25) is 38.1 Å². The van der Waals surface area contributed by atoms with Crippen LogP contribution in [0.4, 0.5) is 5.69 Å². The summed E-state index contributed by atoms with van der Waals surface area (Å²) in [5.74, 6) is -5.52. The van der Waals surface area contributed by atoms with Crippen LogP contribution < -0.4 is 9.60 Å². The summed E-state index contributed by atoms with van der Waals surface area (Å²) in [5, 5.41) is 0.451. The first kappa shape index (κ1) is 54.5. The number of esters is 7. The minimum Gasteiger partial charge on any atom is -0.463 e. The van der Waals surface area contributed by atoms with Gasteiger partial charge in [-0.1, -0.05) is 89.3 Å². The van der Waals surface area contributed by atoms with E-state index in [2.05, 4.69) is 0 Å². The first-order valence-corrected chi connectivity index (χ1v) is 24.3. The van der Waals surface area contributed by atoms with Gasteiger partial charge in [0.25, 0.3) is 0 Å². The molecule has 2 fully saturated rings. The molecule has 2 saturated heterocycles. The zero-order valence-electron chi connectivity index (χ0n) is 40.5. The van der Waals surface area contributed by atoms with Crippen molar-refractivity contribution in [2.24, 2.45) is 9.98 Å². The van der Waals surface area contributed by atoms with E-state index in [1.165, 1.54) is 11.8 Å². The molecule has 23 heteroatoms. The van der Waals surface area contributed by atoms with Gasteiger partial charge in [-0.15, -0.1) is 0 Å². The summed E-state index contributed by atoms with van der Waals surface area (Å²) in [6.07, 6.45) is -16.4. The molecule has 2 aliphatic heterocycles. The lowest BCUT2D eigenvalue weighted by molar-refractivity contribution is -0.344. The lowest BCUT2D eigenvalue weighted by Crippen LogP contribution is -2.67. The van der Waals surface area contributed by atoms with Crippen LogP contribution in [-0.2, 0) is 86.7 Å². The highest BCUT2D eigenvalue weighted by Gasteiger charge is 2.57. The number of hydrogen-bond donors (Lipinski definition) is 0. The molecular weight excluding hydrogens is 981 g/mol. The third-order valence-corrected chi connectivity index (χ3v) is 12.2. The average Bonchev–Trinajstić information content (AvgIpc) is 3.31. The van der Waals surface area contributed by atoms with Crippen LogP contribution in [0.1, 0.15) is 59.6 Å². The van der Waals surface area contributed by atoms with Crippen LogP contribution >= 0.6 is 23.1 Å². The standard InChI is InChI=1S/C49H54N4O17S2/c1-26-19-21-36(22-20-26)53-48(71-25-34-15-11-9-12-16-34)52-47(50-35-17-13-10-14-18-35)72-49(53)51-45-43(66-32(7)59)41(64-30(5)57)40(37(68-45)23-61-27(2)54)70-46-44(67-33(8)60)42(65-31(6)58)39(63-29(4)56)38(69-46)24-62-28(3)55/h9-22,37-46H,23-25H2,1-8H3/b50-47?,51-49-/t37-,38-,39+,40-,41+,42+,43-,44-,45-,46+/m1/s1. The van der Waals surface area contributed by atoms with Crippen molar-refractivity contribution in [3.8, 4) is 5.69 Å². The molecule has 0 unspecified atom stereocenters. The Morgan fingerprint density at radius 1 is 0.597 bits per heavy atom. The van der Waals surface area contributed by atoms with Crippen LogP contribution in [0.2, 0.25) is 0 Å². The second-order valence-corrected chi connectivity index (χ2v) is 18.1. The number of aromatic nitrogens is 2. The monoisotopic (exact) mass is 1030 g/mol. The van der Waals surface area contributed by atoms with Crippen LogP contribution in [0.3, 0.4) is 0 Å². The van der Waals surface area contributed by atoms with E-state index in [4.69, 9.17) is 62.3 Å². The zero-order chi connectivity index (χ0) is 52.1. The molecule has 3 heterocycles. The summed E-state index contributed by atoms with van der Waals surface area (Å²) < 4.78 is 60.6. The fourth-order valence-electron chi connectivity index (χ4n) is 7.54. The summed E-state index contributed by atoms with van der Waals surface area (Å²) in [6, 6.07) is 26.4. The lowest BCUT2D eigenvalue weighted by Gasteiger charge is -2.48. The quantitative estimate of drug-likeness (QED) is 0.0812. The van der Waals surface area contributed by atoms with E-state index in [-0.39, 0.29) is 9.60 Å². The maximum atomic E-state index is 13.2. The number of carbonyl (C=O) groups is 7. The molecular formula is C49H54N4O17S2. The number of para-hydroxylation sites is 1. The lowest BCUT2D eigenvalue weighted by atomic mass is 9.95. The Labute approximate surface area is 421 Å². The number of benzene rings is 3. The van der Waals surface area contributed by atoms with Crippen molar-refractivity contribution in [3.63, 3.8) is 0 Å². The van der Waals surface area contributed by atoms with E-state index >= 15 is 0 Å². The van der Waals surface area contributed by atoms with Crippen molar-refractivity contribution < 1.29 is 80.9 Å². The molecule has 21 nitrogen and oxygen atoms in total. The van der Waals surface area contributed by atoms with E-state index in [9.17, 15) is 33.6 Å². The van der Waals surface area contributed by atoms with Crippen LogP contribution in [0.15, 0.2) is 100 Å². The second kappa shape index (κ2) is 25.5.